The molecular weight excluding hydrogens is 310 g/mol. The largest absolute Gasteiger partial charge is 0.484 e. The summed E-state index contributed by atoms with van der Waals surface area (Å²) in [6, 6.07) is 13.5. The Kier molecular flexibility index (Phi) is 4.87. The van der Waals surface area contributed by atoms with E-state index in [-0.39, 0.29) is 18.6 Å². The maximum Gasteiger partial charge on any atom is 0.258 e. The minimum atomic E-state index is -0.132. The molecule has 1 amide bonds. The van der Waals surface area contributed by atoms with Crippen LogP contribution in [0.15, 0.2) is 42.5 Å². The second-order valence-electron chi connectivity index (χ2n) is 5.91. The topological polar surface area (TPSA) is 38.3 Å². The van der Waals surface area contributed by atoms with Gasteiger partial charge < -0.3 is 10.1 Å². The smallest absolute Gasteiger partial charge is 0.258 e. The van der Waals surface area contributed by atoms with Crippen LogP contribution in [0.1, 0.15) is 36.1 Å². The predicted octanol–water partition coefficient (Wildman–Crippen LogP) is 4.08. The summed E-state index contributed by atoms with van der Waals surface area (Å²) in [5, 5.41) is 3.62. The first-order valence-electron chi connectivity index (χ1n) is 7.91. The van der Waals surface area contributed by atoms with Gasteiger partial charge in [0.05, 0.1) is 6.04 Å². The molecule has 0 aromatic heterocycles. The van der Waals surface area contributed by atoms with Crippen molar-refractivity contribution in [3.05, 3.63) is 64.2 Å². The summed E-state index contributed by atoms with van der Waals surface area (Å²) in [4.78, 5) is 12.0. The molecule has 0 spiro atoms. The highest BCUT2D eigenvalue weighted by molar-refractivity contribution is 6.30. The van der Waals surface area contributed by atoms with E-state index in [1.807, 2.05) is 37.3 Å². The van der Waals surface area contributed by atoms with Gasteiger partial charge >= 0.3 is 0 Å². The summed E-state index contributed by atoms with van der Waals surface area (Å²) < 4.78 is 5.62. The summed E-state index contributed by atoms with van der Waals surface area (Å²) in [5.41, 5.74) is 3.76. The van der Waals surface area contributed by atoms with Crippen LogP contribution >= 0.6 is 11.6 Å². The van der Waals surface area contributed by atoms with Gasteiger partial charge in [-0.2, -0.15) is 0 Å². The average molecular weight is 330 g/mol. The number of fused-ring (bicyclic) bond motifs is 1. The highest BCUT2D eigenvalue weighted by Gasteiger charge is 2.13. The van der Waals surface area contributed by atoms with Crippen molar-refractivity contribution in [2.24, 2.45) is 0 Å². The fourth-order valence-electron chi connectivity index (χ4n) is 2.90. The number of hydrogen-bond donors (Lipinski definition) is 1. The van der Waals surface area contributed by atoms with E-state index in [0.29, 0.717) is 5.02 Å². The van der Waals surface area contributed by atoms with Crippen LogP contribution in [-0.2, 0) is 17.6 Å². The van der Waals surface area contributed by atoms with E-state index in [9.17, 15) is 4.79 Å². The molecule has 0 fully saturated rings. The second-order valence-corrected chi connectivity index (χ2v) is 6.35. The molecule has 0 heterocycles. The maximum absolute atomic E-state index is 12.0. The number of aryl methyl sites for hydroxylation is 2. The first-order chi connectivity index (χ1) is 11.1. The summed E-state index contributed by atoms with van der Waals surface area (Å²) in [6.45, 7) is 1.97. The SMILES string of the molecule is C[C@@H](NC(=O)COc1ccc2c(c1)CCC2)c1ccc(Cl)cc1. The van der Waals surface area contributed by atoms with E-state index < -0.39 is 0 Å². The van der Waals surface area contributed by atoms with Crippen molar-refractivity contribution in [2.75, 3.05) is 6.61 Å². The van der Waals surface area contributed by atoms with Gasteiger partial charge in [-0.25, -0.2) is 0 Å². The normalized spacial score (nSPS) is 14.2. The number of halogens is 1. The standard InChI is InChI=1S/C19H20ClNO2/c1-13(14-5-8-17(20)9-6-14)21-19(22)12-23-18-10-7-15-3-2-4-16(15)11-18/h5-11,13H,2-4,12H2,1H3,(H,21,22)/t13-/m1/s1. The van der Waals surface area contributed by atoms with Crippen LogP contribution in [-0.4, -0.2) is 12.5 Å². The number of carbonyl (C=O) groups excluding carboxylic acids is 1. The fourth-order valence-corrected chi connectivity index (χ4v) is 3.03. The van der Waals surface area contributed by atoms with E-state index in [4.69, 9.17) is 16.3 Å². The van der Waals surface area contributed by atoms with Crippen molar-refractivity contribution in [1.29, 1.82) is 0 Å². The van der Waals surface area contributed by atoms with Gasteiger partial charge in [0.2, 0.25) is 0 Å². The van der Waals surface area contributed by atoms with E-state index >= 15 is 0 Å². The third kappa shape index (κ3) is 4.05. The average Bonchev–Trinajstić information content (AvgIpc) is 3.01. The number of ether oxygens (including phenoxy) is 1. The van der Waals surface area contributed by atoms with Crippen LogP contribution in [0, 0.1) is 0 Å². The molecule has 1 atom stereocenters. The first kappa shape index (κ1) is 15.9. The molecule has 0 bridgehead atoms. The Labute approximate surface area is 141 Å². The third-order valence-corrected chi connectivity index (χ3v) is 4.44. The van der Waals surface area contributed by atoms with Crippen molar-refractivity contribution < 1.29 is 9.53 Å². The van der Waals surface area contributed by atoms with Gasteiger partial charge in [0.15, 0.2) is 6.61 Å². The lowest BCUT2D eigenvalue weighted by atomic mass is 10.1. The summed E-state index contributed by atoms with van der Waals surface area (Å²) >= 11 is 5.87. The molecule has 0 saturated heterocycles. The lowest BCUT2D eigenvalue weighted by molar-refractivity contribution is -0.123. The van der Waals surface area contributed by atoms with Gasteiger partial charge in [0.25, 0.3) is 5.91 Å². The van der Waals surface area contributed by atoms with Crippen LogP contribution in [0.2, 0.25) is 5.02 Å². The van der Waals surface area contributed by atoms with Crippen LogP contribution in [0.5, 0.6) is 5.75 Å². The number of nitrogens with one attached hydrogen (secondary N) is 1. The molecule has 1 N–H and O–H groups in total. The lowest BCUT2D eigenvalue weighted by Gasteiger charge is -2.15. The minimum Gasteiger partial charge on any atom is -0.484 e. The molecule has 0 saturated carbocycles. The lowest BCUT2D eigenvalue weighted by Crippen LogP contribution is -2.31. The van der Waals surface area contributed by atoms with E-state index in [1.54, 1.807) is 0 Å². The molecule has 3 rings (SSSR count). The van der Waals surface area contributed by atoms with E-state index in [0.717, 1.165) is 24.2 Å². The third-order valence-electron chi connectivity index (χ3n) is 4.19. The molecule has 3 nitrogen and oxygen atoms in total. The predicted molar refractivity (Wildman–Crippen MR) is 92.0 cm³/mol. The van der Waals surface area contributed by atoms with Crippen molar-refractivity contribution in [2.45, 2.75) is 32.2 Å². The number of rotatable bonds is 5. The zero-order valence-corrected chi connectivity index (χ0v) is 13.9. The van der Waals surface area contributed by atoms with Gasteiger partial charge in [0.1, 0.15) is 5.75 Å². The molecule has 23 heavy (non-hydrogen) atoms. The monoisotopic (exact) mass is 329 g/mol. The highest BCUT2D eigenvalue weighted by atomic mass is 35.5. The number of hydrogen-bond acceptors (Lipinski definition) is 2. The molecule has 0 aliphatic heterocycles. The molecule has 2 aromatic rings. The van der Waals surface area contributed by atoms with Crippen LogP contribution in [0.25, 0.3) is 0 Å². The minimum absolute atomic E-state index is 0.0245. The van der Waals surface area contributed by atoms with Crippen LogP contribution in [0.3, 0.4) is 0 Å². The Hall–Kier alpha value is -2.00. The van der Waals surface area contributed by atoms with Crippen molar-refractivity contribution in [1.82, 2.24) is 5.32 Å². The number of amides is 1. The summed E-state index contributed by atoms with van der Waals surface area (Å²) in [7, 11) is 0. The van der Waals surface area contributed by atoms with E-state index in [2.05, 4.69) is 17.4 Å². The Balaban J connectivity index is 1.52. The van der Waals surface area contributed by atoms with Crippen LogP contribution < -0.4 is 10.1 Å². The Morgan fingerprint density at radius 2 is 1.91 bits per heavy atom. The molecule has 1 aliphatic carbocycles. The van der Waals surface area contributed by atoms with Gasteiger partial charge in [-0.15, -0.1) is 0 Å². The molecule has 2 aromatic carbocycles. The molecule has 4 heteroatoms. The quantitative estimate of drug-likeness (QED) is 0.897. The Bertz CT molecular complexity index is 697. The van der Waals surface area contributed by atoms with Crippen molar-refractivity contribution >= 4 is 17.5 Å². The van der Waals surface area contributed by atoms with Gasteiger partial charge in [-0.05, 0) is 67.1 Å². The zero-order chi connectivity index (χ0) is 16.2. The van der Waals surface area contributed by atoms with Crippen molar-refractivity contribution in [3.8, 4) is 5.75 Å². The second kappa shape index (κ2) is 7.05. The van der Waals surface area contributed by atoms with E-state index in [1.165, 1.54) is 17.5 Å². The molecule has 1 aliphatic rings. The number of benzene rings is 2. The molecule has 120 valence electrons. The Morgan fingerprint density at radius 1 is 1.17 bits per heavy atom. The van der Waals surface area contributed by atoms with Gasteiger partial charge in [-0.1, -0.05) is 29.8 Å². The summed E-state index contributed by atoms with van der Waals surface area (Å²) in [6.07, 6.45) is 3.46. The molecule has 0 unspecified atom stereocenters. The Morgan fingerprint density at radius 3 is 2.70 bits per heavy atom. The van der Waals surface area contributed by atoms with Crippen molar-refractivity contribution in [3.63, 3.8) is 0 Å². The number of carbonyl (C=O) groups is 1. The molecular formula is C19H20ClNO2. The summed E-state index contributed by atoms with van der Waals surface area (Å²) in [5.74, 6) is 0.632. The highest BCUT2D eigenvalue weighted by Crippen LogP contribution is 2.26. The van der Waals surface area contributed by atoms with Gasteiger partial charge in [-0.3, -0.25) is 4.79 Å². The van der Waals surface area contributed by atoms with Gasteiger partial charge in [0, 0.05) is 5.02 Å². The zero-order valence-electron chi connectivity index (χ0n) is 13.1. The first-order valence-corrected chi connectivity index (χ1v) is 8.29. The fraction of sp³-hybridized carbons (Fsp3) is 0.316. The molecule has 0 radical (unpaired) electrons. The maximum atomic E-state index is 12.0. The van der Waals surface area contributed by atoms with Crippen LogP contribution in [0.4, 0.5) is 0 Å².